The third kappa shape index (κ3) is 4.32. The molecule has 29 heavy (non-hydrogen) atoms. The Morgan fingerprint density at radius 1 is 1.28 bits per heavy atom. The molecule has 0 saturated carbocycles. The second-order valence-corrected chi connectivity index (χ2v) is 6.92. The Labute approximate surface area is 169 Å². The Morgan fingerprint density at radius 2 is 2.14 bits per heavy atom. The van der Waals surface area contributed by atoms with Crippen molar-refractivity contribution in [2.45, 2.75) is 19.9 Å². The second-order valence-electron chi connectivity index (χ2n) is 6.92. The lowest BCUT2D eigenvalue weighted by Gasteiger charge is -2.16. The van der Waals surface area contributed by atoms with Gasteiger partial charge in [-0.2, -0.15) is 0 Å². The van der Waals surface area contributed by atoms with E-state index in [1.807, 2.05) is 43.9 Å². The summed E-state index contributed by atoms with van der Waals surface area (Å²) in [6.07, 6.45) is 10.5. The van der Waals surface area contributed by atoms with Crippen LogP contribution in [0.25, 0.3) is 11.3 Å². The van der Waals surface area contributed by atoms with Gasteiger partial charge in [0.2, 0.25) is 5.43 Å². The number of hydrogen-bond donors (Lipinski definition) is 2. The summed E-state index contributed by atoms with van der Waals surface area (Å²) in [5.41, 5.74) is 5.19. The third-order valence-corrected chi connectivity index (χ3v) is 4.74. The summed E-state index contributed by atoms with van der Waals surface area (Å²) in [7, 11) is 0. The monoisotopic (exact) mass is 388 g/mol. The quantitative estimate of drug-likeness (QED) is 0.651. The molecule has 2 aromatic heterocycles. The zero-order valence-electron chi connectivity index (χ0n) is 16.4. The summed E-state index contributed by atoms with van der Waals surface area (Å²) >= 11 is 0. The molecule has 2 N–H and O–H groups in total. The predicted octanol–water partition coefficient (Wildman–Crippen LogP) is 3.52. The number of aromatic amines is 1. The number of ether oxygens (including phenoxy) is 1. The standard InChI is InChI=1S/C23H24N4O2/c1-2-9-29-23-16-26-19(10-22(23)28)15-25-14-18-13-24-12-17-5-6-20(11-21(17)18)27-7-3-4-8-27/h3-8,10-12,14,16,25H,2,9,13,15H2,1H3,(H,26,28). The SMILES string of the molecule is CCCOc1c[nH]c(CNC=C2CN=Cc3ccc(-n4cccc4)cc32)cc1=O. The molecule has 0 fully saturated rings. The van der Waals surface area contributed by atoms with Gasteiger partial charge >= 0.3 is 0 Å². The fourth-order valence-corrected chi connectivity index (χ4v) is 3.26. The number of fused-ring (bicyclic) bond motifs is 1. The van der Waals surface area contributed by atoms with Crippen molar-refractivity contribution in [3.8, 4) is 11.4 Å². The van der Waals surface area contributed by atoms with Gasteiger partial charge in [0.25, 0.3) is 0 Å². The third-order valence-electron chi connectivity index (χ3n) is 4.74. The van der Waals surface area contributed by atoms with E-state index in [4.69, 9.17) is 4.74 Å². The highest BCUT2D eigenvalue weighted by Crippen LogP contribution is 2.25. The topological polar surface area (TPSA) is 71.4 Å². The van der Waals surface area contributed by atoms with Crippen molar-refractivity contribution >= 4 is 11.8 Å². The van der Waals surface area contributed by atoms with Crippen LogP contribution in [0.4, 0.5) is 0 Å². The zero-order chi connectivity index (χ0) is 20.1. The van der Waals surface area contributed by atoms with Gasteiger partial charge < -0.3 is 19.6 Å². The molecule has 0 atom stereocenters. The van der Waals surface area contributed by atoms with Crippen molar-refractivity contribution in [3.05, 3.63) is 88.2 Å². The lowest BCUT2D eigenvalue weighted by Crippen LogP contribution is -2.14. The van der Waals surface area contributed by atoms with Crippen LogP contribution in [0.15, 0.2) is 71.0 Å². The number of aliphatic imine (C=N–C) groups is 1. The first-order chi connectivity index (χ1) is 14.2. The summed E-state index contributed by atoms with van der Waals surface area (Å²) in [4.78, 5) is 19.7. The van der Waals surface area contributed by atoms with Gasteiger partial charge in [0, 0.05) is 54.0 Å². The summed E-state index contributed by atoms with van der Waals surface area (Å²) < 4.78 is 7.51. The first kappa shape index (κ1) is 18.8. The summed E-state index contributed by atoms with van der Waals surface area (Å²) in [5.74, 6) is 0.363. The molecule has 0 unspecified atom stereocenters. The zero-order valence-corrected chi connectivity index (χ0v) is 16.4. The molecular formula is C23H24N4O2. The minimum absolute atomic E-state index is 0.106. The molecular weight excluding hydrogens is 364 g/mol. The molecule has 1 aliphatic rings. The molecule has 0 radical (unpaired) electrons. The van der Waals surface area contributed by atoms with Crippen LogP contribution in [0.5, 0.6) is 5.75 Å². The van der Waals surface area contributed by atoms with Crippen LogP contribution < -0.4 is 15.5 Å². The van der Waals surface area contributed by atoms with E-state index in [0.29, 0.717) is 25.4 Å². The summed E-state index contributed by atoms with van der Waals surface area (Å²) in [5, 5.41) is 3.30. The van der Waals surface area contributed by atoms with E-state index >= 15 is 0 Å². The van der Waals surface area contributed by atoms with Crippen molar-refractivity contribution in [2.75, 3.05) is 13.2 Å². The lowest BCUT2D eigenvalue weighted by molar-refractivity contribution is 0.313. The number of H-pyrrole nitrogens is 1. The highest BCUT2D eigenvalue weighted by atomic mass is 16.5. The van der Waals surface area contributed by atoms with Gasteiger partial charge in [-0.15, -0.1) is 0 Å². The maximum atomic E-state index is 12.1. The number of benzene rings is 1. The Balaban J connectivity index is 1.49. The van der Waals surface area contributed by atoms with E-state index < -0.39 is 0 Å². The number of rotatable bonds is 7. The van der Waals surface area contributed by atoms with Crippen LogP contribution in [-0.4, -0.2) is 28.9 Å². The van der Waals surface area contributed by atoms with Crippen molar-refractivity contribution in [1.82, 2.24) is 14.9 Å². The number of nitrogens with zero attached hydrogens (tertiary/aromatic N) is 2. The lowest BCUT2D eigenvalue weighted by atomic mass is 9.98. The van der Waals surface area contributed by atoms with Crippen LogP contribution in [0, 0.1) is 0 Å². The molecule has 0 amide bonds. The average molecular weight is 388 g/mol. The molecule has 6 heteroatoms. The number of nitrogens with one attached hydrogen (secondary N) is 2. The highest BCUT2D eigenvalue weighted by molar-refractivity contribution is 5.92. The highest BCUT2D eigenvalue weighted by Gasteiger charge is 2.12. The van der Waals surface area contributed by atoms with E-state index in [-0.39, 0.29) is 5.43 Å². The molecule has 6 nitrogen and oxygen atoms in total. The van der Waals surface area contributed by atoms with Crippen molar-refractivity contribution in [1.29, 1.82) is 0 Å². The molecule has 0 saturated heterocycles. The average Bonchev–Trinajstić information content (AvgIpc) is 3.28. The Hall–Kier alpha value is -3.54. The second kappa shape index (κ2) is 8.65. The number of hydrogen-bond acceptors (Lipinski definition) is 4. The maximum Gasteiger partial charge on any atom is 0.223 e. The van der Waals surface area contributed by atoms with Gasteiger partial charge in [0.05, 0.1) is 19.7 Å². The predicted molar refractivity (Wildman–Crippen MR) is 116 cm³/mol. The van der Waals surface area contributed by atoms with Gasteiger partial charge in [0.15, 0.2) is 5.75 Å². The van der Waals surface area contributed by atoms with E-state index in [1.165, 1.54) is 0 Å². The van der Waals surface area contributed by atoms with Gasteiger partial charge in [-0.3, -0.25) is 9.79 Å². The molecule has 0 spiro atoms. The van der Waals surface area contributed by atoms with Gasteiger partial charge in [-0.05, 0) is 41.8 Å². The van der Waals surface area contributed by atoms with Crippen LogP contribution >= 0.6 is 0 Å². The molecule has 1 aromatic carbocycles. The molecule has 4 rings (SSSR count). The van der Waals surface area contributed by atoms with E-state index in [9.17, 15) is 4.79 Å². The summed E-state index contributed by atoms with van der Waals surface area (Å²) in [6, 6.07) is 12.0. The Bertz CT molecular complexity index is 1090. The normalized spacial score (nSPS) is 14.0. The first-order valence-electron chi connectivity index (χ1n) is 9.79. The minimum atomic E-state index is -0.106. The van der Waals surface area contributed by atoms with Gasteiger partial charge in [-0.1, -0.05) is 13.0 Å². The first-order valence-corrected chi connectivity index (χ1v) is 9.79. The van der Waals surface area contributed by atoms with Crippen LogP contribution in [0.2, 0.25) is 0 Å². The van der Waals surface area contributed by atoms with Gasteiger partial charge in [-0.25, -0.2) is 0 Å². The van der Waals surface area contributed by atoms with Crippen molar-refractivity contribution in [3.63, 3.8) is 0 Å². The van der Waals surface area contributed by atoms with E-state index in [0.717, 1.165) is 34.5 Å². The molecule has 1 aliphatic heterocycles. The molecule has 3 heterocycles. The van der Waals surface area contributed by atoms with E-state index in [1.54, 1.807) is 12.3 Å². The van der Waals surface area contributed by atoms with Crippen LogP contribution in [-0.2, 0) is 6.54 Å². The summed E-state index contributed by atoms with van der Waals surface area (Å²) in [6.45, 7) is 3.69. The largest absolute Gasteiger partial charge is 0.488 e. The van der Waals surface area contributed by atoms with E-state index in [2.05, 4.69) is 38.1 Å². The molecule has 0 bridgehead atoms. The van der Waals surface area contributed by atoms with Crippen LogP contribution in [0.3, 0.4) is 0 Å². The number of aromatic nitrogens is 2. The van der Waals surface area contributed by atoms with Crippen molar-refractivity contribution < 1.29 is 4.74 Å². The minimum Gasteiger partial charge on any atom is -0.488 e. The Kier molecular flexibility index (Phi) is 5.61. The van der Waals surface area contributed by atoms with Crippen molar-refractivity contribution in [2.24, 2.45) is 4.99 Å². The maximum absolute atomic E-state index is 12.1. The smallest absolute Gasteiger partial charge is 0.223 e. The van der Waals surface area contributed by atoms with Crippen LogP contribution in [0.1, 0.15) is 30.2 Å². The fraction of sp³-hybridized carbons (Fsp3) is 0.217. The fourth-order valence-electron chi connectivity index (χ4n) is 3.26. The molecule has 148 valence electrons. The number of pyridine rings is 1. The Morgan fingerprint density at radius 3 is 2.93 bits per heavy atom. The van der Waals surface area contributed by atoms with Gasteiger partial charge in [0.1, 0.15) is 0 Å². The molecule has 3 aromatic rings. The molecule has 0 aliphatic carbocycles.